The SMILES string of the molecule is C[C@@H](C(=O)NCc1cccc(C(F)(F)F)c1)n1cc([N+](=O)[O-])cn1. The van der Waals surface area contributed by atoms with Gasteiger partial charge in [0.15, 0.2) is 0 Å². The highest BCUT2D eigenvalue weighted by Gasteiger charge is 2.30. The van der Waals surface area contributed by atoms with Crippen molar-refractivity contribution in [1.82, 2.24) is 15.1 Å². The predicted molar refractivity (Wildman–Crippen MR) is 76.9 cm³/mol. The van der Waals surface area contributed by atoms with Crippen molar-refractivity contribution in [2.24, 2.45) is 0 Å². The van der Waals surface area contributed by atoms with Gasteiger partial charge < -0.3 is 5.32 Å². The Bertz CT molecular complexity index is 758. The number of carbonyl (C=O) groups excluding carboxylic acids is 1. The average Bonchev–Trinajstić information content (AvgIpc) is 3.01. The summed E-state index contributed by atoms with van der Waals surface area (Å²) in [6.07, 6.45) is -2.34. The Morgan fingerprint density at radius 2 is 2.17 bits per heavy atom. The number of alkyl halides is 3. The van der Waals surface area contributed by atoms with E-state index in [-0.39, 0.29) is 17.8 Å². The van der Waals surface area contributed by atoms with Gasteiger partial charge in [0.1, 0.15) is 18.4 Å². The molecule has 1 N–H and O–H groups in total. The Morgan fingerprint density at radius 1 is 1.46 bits per heavy atom. The van der Waals surface area contributed by atoms with Crippen molar-refractivity contribution in [2.45, 2.75) is 25.7 Å². The van der Waals surface area contributed by atoms with E-state index in [1.807, 2.05) is 0 Å². The largest absolute Gasteiger partial charge is 0.416 e. The van der Waals surface area contributed by atoms with Crippen LogP contribution in [0.4, 0.5) is 18.9 Å². The normalized spacial score (nSPS) is 12.7. The summed E-state index contributed by atoms with van der Waals surface area (Å²) in [4.78, 5) is 22.0. The van der Waals surface area contributed by atoms with Crippen LogP contribution in [0, 0.1) is 10.1 Å². The van der Waals surface area contributed by atoms with Crippen molar-refractivity contribution in [1.29, 1.82) is 0 Å². The maximum absolute atomic E-state index is 12.6. The van der Waals surface area contributed by atoms with Crippen molar-refractivity contribution in [3.63, 3.8) is 0 Å². The van der Waals surface area contributed by atoms with E-state index in [0.717, 1.165) is 29.2 Å². The van der Waals surface area contributed by atoms with Gasteiger partial charge in [0, 0.05) is 6.54 Å². The molecule has 2 aromatic rings. The van der Waals surface area contributed by atoms with Crippen LogP contribution in [-0.4, -0.2) is 20.6 Å². The highest BCUT2D eigenvalue weighted by molar-refractivity contribution is 5.79. The van der Waals surface area contributed by atoms with E-state index in [0.29, 0.717) is 0 Å². The molecule has 128 valence electrons. The number of halogens is 3. The molecule has 0 bridgehead atoms. The van der Waals surface area contributed by atoms with Crippen LogP contribution < -0.4 is 5.32 Å². The van der Waals surface area contributed by atoms with Crippen molar-refractivity contribution < 1.29 is 22.9 Å². The molecule has 7 nitrogen and oxygen atoms in total. The summed E-state index contributed by atoms with van der Waals surface area (Å²) in [5.41, 5.74) is -0.769. The number of amides is 1. The Hall–Kier alpha value is -2.91. The topological polar surface area (TPSA) is 90.1 Å². The number of benzene rings is 1. The molecule has 1 amide bonds. The molecule has 10 heteroatoms. The minimum Gasteiger partial charge on any atom is -0.350 e. The number of hydrogen-bond acceptors (Lipinski definition) is 4. The van der Waals surface area contributed by atoms with Gasteiger partial charge in [-0.05, 0) is 24.6 Å². The predicted octanol–water partition coefficient (Wildman–Crippen LogP) is 2.69. The fraction of sp³-hybridized carbons (Fsp3) is 0.286. The highest BCUT2D eigenvalue weighted by atomic mass is 19.4. The standard InChI is InChI=1S/C14H13F3N4O3/c1-9(20-8-12(7-19-20)21(23)24)13(22)18-6-10-3-2-4-11(5-10)14(15,16)17/h2-5,7-9H,6H2,1H3,(H,18,22)/t9-/m0/s1. The van der Waals surface area contributed by atoms with Crippen molar-refractivity contribution in [2.75, 3.05) is 0 Å². The minimum atomic E-state index is -4.46. The van der Waals surface area contributed by atoms with E-state index in [1.54, 1.807) is 0 Å². The molecule has 1 aromatic heterocycles. The summed E-state index contributed by atoms with van der Waals surface area (Å²) >= 11 is 0. The average molecular weight is 342 g/mol. The lowest BCUT2D eigenvalue weighted by molar-refractivity contribution is -0.385. The molecule has 0 saturated heterocycles. The van der Waals surface area contributed by atoms with Crippen molar-refractivity contribution in [3.05, 3.63) is 57.9 Å². The van der Waals surface area contributed by atoms with Gasteiger partial charge in [0.25, 0.3) is 0 Å². The fourth-order valence-electron chi connectivity index (χ4n) is 1.95. The summed E-state index contributed by atoms with van der Waals surface area (Å²) in [7, 11) is 0. The Kier molecular flexibility index (Phi) is 4.86. The highest BCUT2D eigenvalue weighted by Crippen LogP contribution is 2.29. The number of aromatic nitrogens is 2. The molecule has 1 aromatic carbocycles. The zero-order chi connectivity index (χ0) is 17.9. The zero-order valence-electron chi connectivity index (χ0n) is 12.4. The summed E-state index contributed by atoms with van der Waals surface area (Å²) in [5.74, 6) is -0.523. The molecule has 0 unspecified atom stereocenters. The molecule has 0 saturated carbocycles. The third-order valence-electron chi connectivity index (χ3n) is 3.30. The van der Waals surface area contributed by atoms with Crippen LogP contribution >= 0.6 is 0 Å². The van der Waals surface area contributed by atoms with Gasteiger partial charge in [0.05, 0.1) is 10.5 Å². The Balaban J connectivity index is 2.01. The number of nitro groups is 1. The third-order valence-corrected chi connectivity index (χ3v) is 3.30. The van der Waals surface area contributed by atoms with Crippen LogP contribution in [0.3, 0.4) is 0 Å². The second kappa shape index (κ2) is 6.69. The summed E-state index contributed by atoms with van der Waals surface area (Å²) in [6.45, 7) is 1.37. The molecule has 24 heavy (non-hydrogen) atoms. The van der Waals surface area contributed by atoms with E-state index >= 15 is 0 Å². The minimum absolute atomic E-state index is 0.101. The molecule has 0 spiro atoms. The molecule has 1 atom stereocenters. The van der Waals surface area contributed by atoms with Crippen molar-refractivity contribution >= 4 is 11.6 Å². The quantitative estimate of drug-likeness (QED) is 0.668. The van der Waals surface area contributed by atoms with Crippen LogP contribution in [0.1, 0.15) is 24.1 Å². The number of carbonyl (C=O) groups is 1. The first-order chi connectivity index (χ1) is 11.2. The second-order valence-corrected chi connectivity index (χ2v) is 5.03. The monoisotopic (exact) mass is 342 g/mol. The number of rotatable bonds is 5. The maximum Gasteiger partial charge on any atom is 0.416 e. The first-order valence-electron chi connectivity index (χ1n) is 6.81. The molecule has 0 radical (unpaired) electrons. The van der Waals surface area contributed by atoms with Crippen molar-refractivity contribution in [3.8, 4) is 0 Å². The van der Waals surface area contributed by atoms with Gasteiger partial charge >= 0.3 is 11.9 Å². The fourth-order valence-corrected chi connectivity index (χ4v) is 1.95. The lowest BCUT2D eigenvalue weighted by Gasteiger charge is -2.13. The van der Waals surface area contributed by atoms with Crippen LogP contribution in [0.5, 0.6) is 0 Å². The number of nitrogens with zero attached hydrogens (tertiary/aromatic N) is 3. The maximum atomic E-state index is 12.6. The van der Waals surface area contributed by atoms with E-state index in [9.17, 15) is 28.1 Å². The van der Waals surface area contributed by atoms with Gasteiger partial charge in [-0.3, -0.25) is 19.6 Å². The number of nitrogens with one attached hydrogen (secondary N) is 1. The molecule has 0 aliphatic rings. The molecule has 0 aliphatic heterocycles. The zero-order valence-corrected chi connectivity index (χ0v) is 12.4. The summed E-state index contributed by atoms with van der Waals surface area (Å²) < 4.78 is 39.0. The first kappa shape index (κ1) is 17.4. The Morgan fingerprint density at radius 3 is 2.75 bits per heavy atom. The van der Waals surface area contributed by atoms with Crippen LogP contribution in [-0.2, 0) is 17.5 Å². The molecular weight excluding hydrogens is 329 g/mol. The van der Waals surface area contributed by atoms with Gasteiger partial charge in [-0.15, -0.1) is 0 Å². The van der Waals surface area contributed by atoms with E-state index < -0.39 is 28.6 Å². The van der Waals surface area contributed by atoms with E-state index in [4.69, 9.17) is 0 Å². The second-order valence-electron chi connectivity index (χ2n) is 5.03. The van der Waals surface area contributed by atoms with E-state index in [1.165, 1.54) is 19.1 Å². The third kappa shape index (κ3) is 4.09. The lowest BCUT2D eigenvalue weighted by Crippen LogP contribution is -2.30. The van der Waals surface area contributed by atoms with Gasteiger partial charge in [-0.1, -0.05) is 12.1 Å². The lowest BCUT2D eigenvalue weighted by atomic mass is 10.1. The van der Waals surface area contributed by atoms with Gasteiger partial charge in [-0.2, -0.15) is 18.3 Å². The summed E-state index contributed by atoms with van der Waals surface area (Å²) in [5, 5.41) is 16.8. The first-order valence-corrected chi connectivity index (χ1v) is 6.81. The smallest absolute Gasteiger partial charge is 0.350 e. The van der Waals surface area contributed by atoms with Crippen LogP contribution in [0.25, 0.3) is 0 Å². The molecule has 2 rings (SSSR count). The molecule has 1 heterocycles. The van der Waals surface area contributed by atoms with E-state index in [2.05, 4.69) is 10.4 Å². The number of hydrogen-bond donors (Lipinski definition) is 1. The molecule has 0 fully saturated rings. The van der Waals surface area contributed by atoms with Gasteiger partial charge in [0.2, 0.25) is 5.91 Å². The summed E-state index contributed by atoms with van der Waals surface area (Å²) in [6, 6.07) is 3.76. The molecular formula is C14H13F3N4O3. The molecule has 0 aliphatic carbocycles. The van der Waals surface area contributed by atoms with Gasteiger partial charge in [-0.25, -0.2) is 0 Å². The Labute approximate surface area is 134 Å². The van der Waals surface area contributed by atoms with Crippen LogP contribution in [0.2, 0.25) is 0 Å². The van der Waals surface area contributed by atoms with Crippen LogP contribution in [0.15, 0.2) is 36.7 Å².